The summed E-state index contributed by atoms with van der Waals surface area (Å²) >= 11 is 1.35. The van der Waals surface area contributed by atoms with E-state index in [4.69, 9.17) is 5.73 Å². The summed E-state index contributed by atoms with van der Waals surface area (Å²) in [4.78, 5) is 11.5. The standard InChI is InChI=1S/C13H21NO3S/c1-2-3-4-5-6-9-7-8-18-12(9)10(15)11(16)13(14)17/h7-8,10-11,15-16H,2-6H2,1H3,(H2,14,17). The third-order valence-electron chi connectivity index (χ3n) is 2.94. The molecule has 102 valence electrons. The van der Waals surface area contributed by atoms with Crippen LogP contribution in [0.4, 0.5) is 0 Å². The van der Waals surface area contributed by atoms with Crippen molar-refractivity contribution in [2.75, 3.05) is 0 Å². The van der Waals surface area contributed by atoms with Crippen LogP contribution >= 0.6 is 11.3 Å². The Bertz CT molecular complexity index is 378. The lowest BCUT2D eigenvalue weighted by molar-refractivity contribution is -0.131. The topological polar surface area (TPSA) is 83.6 Å². The largest absolute Gasteiger partial charge is 0.384 e. The minimum atomic E-state index is -1.53. The van der Waals surface area contributed by atoms with E-state index >= 15 is 0 Å². The Balaban J connectivity index is 2.61. The second-order valence-electron chi connectivity index (χ2n) is 4.41. The summed E-state index contributed by atoms with van der Waals surface area (Å²) in [6.45, 7) is 2.16. The fourth-order valence-corrected chi connectivity index (χ4v) is 2.82. The zero-order chi connectivity index (χ0) is 13.5. The van der Waals surface area contributed by atoms with Crippen molar-refractivity contribution in [3.05, 3.63) is 21.9 Å². The lowest BCUT2D eigenvalue weighted by atomic mass is 10.0. The van der Waals surface area contributed by atoms with Crippen LogP contribution in [0.2, 0.25) is 0 Å². The van der Waals surface area contributed by atoms with Gasteiger partial charge in [-0.2, -0.15) is 0 Å². The van der Waals surface area contributed by atoms with Crippen LogP contribution in [0.1, 0.15) is 49.2 Å². The maximum Gasteiger partial charge on any atom is 0.249 e. The Kier molecular flexibility index (Phi) is 6.32. The van der Waals surface area contributed by atoms with Gasteiger partial charge in [-0.1, -0.05) is 26.2 Å². The average Bonchev–Trinajstić information content (AvgIpc) is 2.81. The predicted molar refractivity (Wildman–Crippen MR) is 72.3 cm³/mol. The van der Waals surface area contributed by atoms with Crippen LogP contribution in [0.15, 0.2) is 11.4 Å². The zero-order valence-electron chi connectivity index (χ0n) is 10.6. The van der Waals surface area contributed by atoms with Gasteiger partial charge in [-0.25, -0.2) is 0 Å². The van der Waals surface area contributed by atoms with Gasteiger partial charge in [0.1, 0.15) is 6.10 Å². The molecule has 0 saturated heterocycles. The maximum atomic E-state index is 10.9. The zero-order valence-corrected chi connectivity index (χ0v) is 11.4. The minimum Gasteiger partial charge on any atom is -0.384 e. The highest BCUT2D eigenvalue weighted by molar-refractivity contribution is 7.10. The number of aryl methyl sites for hydroxylation is 1. The van der Waals surface area contributed by atoms with E-state index in [0.717, 1.165) is 24.8 Å². The first-order valence-electron chi connectivity index (χ1n) is 6.29. The summed E-state index contributed by atoms with van der Waals surface area (Å²) in [7, 11) is 0. The second kappa shape index (κ2) is 7.51. The summed E-state index contributed by atoms with van der Waals surface area (Å²) in [6.07, 6.45) is 2.71. The number of hydrogen-bond acceptors (Lipinski definition) is 4. The molecule has 1 rings (SSSR count). The van der Waals surface area contributed by atoms with Crippen molar-refractivity contribution >= 4 is 17.2 Å². The van der Waals surface area contributed by atoms with Crippen molar-refractivity contribution in [2.45, 2.75) is 51.2 Å². The number of nitrogens with two attached hydrogens (primary N) is 1. The van der Waals surface area contributed by atoms with Crippen LogP contribution in [0.3, 0.4) is 0 Å². The molecular formula is C13H21NO3S. The van der Waals surface area contributed by atoms with E-state index in [0.29, 0.717) is 4.88 Å². The highest BCUT2D eigenvalue weighted by Crippen LogP contribution is 2.28. The quantitative estimate of drug-likeness (QED) is 0.630. The molecule has 0 aromatic carbocycles. The molecule has 1 aromatic rings. The lowest BCUT2D eigenvalue weighted by Gasteiger charge is -2.15. The summed E-state index contributed by atoms with van der Waals surface area (Å²) in [5, 5.41) is 21.2. The summed E-state index contributed by atoms with van der Waals surface area (Å²) in [5.41, 5.74) is 5.99. The maximum absolute atomic E-state index is 10.9. The number of unbranched alkanes of at least 4 members (excludes halogenated alkanes) is 3. The fourth-order valence-electron chi connectivity index (χ4n) is 1.85. The Hall–Kier alpha value is -0.910. The SMILES string of the molecule is CCCCCCc1ccsc1C(O)C(O)C(N)=O. The van der Waals surface area contributed by atoms with Crippen molar-refractivity contribution in [3.8, 4) is 0 Å². The summed E-state index contributed by atoms with van der Waals surface area (Å²) in [5.74, 6) is -0.896. The number of carbonyl (C=O) groups excluding carboxylic acids is 1. The van der Waals surface area contributed by atoms with Crippen molar-refractivity contribution in [2.24, 2.45) is 5.73 Å². The number of rotatable bonds is 8. The molecule has 0 aliphatic rings. The first-order chi connectivity index (χ1) is 8.57. The van der Waals surface area contributed by atoms with Crippen LogP contribution < -0.4 is 5.73 Å². The molecule has 0 radical (unpaired) electrons. The first-order valence-corrected chi connectivity index (χ1v) is 7.17. The lowest BCUT2D eigenvalue weighted by Crippen LogP contribution is -2.33. The smallest absolute Gasteiger partial charge is 0.249 e. The first kappa shape index (κ1) is 15.1. The number of aliphatic hydroxyl groups excluding tert-OH is 2. The van der Waals surface area contributed by atoms with Gasteiger partial charge in [-0.05, 0) is 29.9 Å². The van der Waals surface area contributed by atoms with Gasteiger partial charge in [-0.3, -0.25) is 4.79 Å². The molecule has 4 N–H and O–H groups in total. The van der Waals surface area contributed by atoms with Crippen LogP contribution in [-0.2, 0) is 11.2 Å². The molecule has 0 bridgehead atoms. The van der Waals surface area contributed by atoms with E-state index in [1.165, 1.54) is 24.2 Å². The van der Waals surface area contributed by atoms with E-state index in [1.807, 2.05) is 11.4 Å². The van der Waals surface area contributed by atoms with Crippen LogP contribution in [0.25, 0.3) is 0 Å². The fraction of sp³-hybridized carbons (Fsp3) is 0.615. The van der Waals surface area contributed by atoms with Gasteiger partial charge >= 0.3 is 0 Å². The Morgan fingerprint density at radius 3 is 2.72 bits per heavy atom. The minimum absolute atomic E-state index is 0.651. The average molecular weight is 271 g/mol. The van der Waals surface area contributed by atoms with Crippen molar-refractivity contribution in [1.82, 2.24) is 0 Å². The Morgan fingerprint density at radius 1 is 1.39 bits per heavy atom. The van der Waals surface area contributed by atoms with Crippen molar-refractivity contribution in [3.63, 3.8) is 0 Å². The van der Waals surface area contributed by atoms with Gasteiger partial charge in [0.05, 0.1) is 0 Å². The Morgan fingerprint density at radius 2 is 2.11 bits per heavy atom. The second-order valence-corrected chi connectivity index (χ2v) is 5.36. The normalized spacial score (nSPS) is 14.4. The molecule has 1 amide bonds. The molecule has 0 saturated carbocycles. The number of thiophene rings is 1. The highest BCUT2D eigenvalue weighted by Gasteiger charge is 2.26. The molecular weight excluding hydrogens is 250 g/mol. The summed E-state index contributed by atoms with van der Waals surface area (Å²) < 4.78 is 0. The molecule has 2 unspecified atom stereocenters. The van der Waals surface area contributed by atoms with Gasteiger partial charge in [0, 0.05) is 4.88 Å². The number of carbonyl (C=O) groups is 1. The third-order valence-corrected chi connectivity index (χ3v) is 3.97. The molecule has 0 aliphatic heterocycles. The van der Waals surface area contributed by atoms with Crippen LogP contribution in [0, 0.1) is 0 Å². The van der Waals surface area contributed by atoms with E-state index in [9.17, 15) is 15.0 Å². The number of primary amides is 1. The van der Waals surface area contributed by atoms with E-state index < -0.39 is 18.1 Å². The monoisotopic (exact) mass is 271 g/mol. The van der Waals surface area contributed by atoms with Crippen LogP contribution in [-0.4, -0.2) is 22.2 Å². The van der Waals surface area contributed by atoms with Gasteiger partial charge in [0.25, 0.3) is 0 Å². The van der Waals surface area contributed by atoms with E-state index in [-0.39, 0.29) is 0 Å². The van der Waals surface area contributed by atoms with E-state index in [1.54, 1.807) is 0 Å². The number of amides is 1. The van der Waals surface area contributed by atoms with Gasteiger partial charge in [-0.15, -0.1) is 11.3 Å². The van der Waals surface area contributed by atoms with Crippen molar-refractivity contribution < 1.29 is 15.0 Å². The van der Waals surface area contributed by atoms with Gasteiger partial charge < -0.3 is 15.9 Å². The van der Waals surface area contributed by atoms with E-state index in [2.05, 4.69) is 6.92 Å². The molecule has 1 aromatic heterocycles. The number of hydrogen-bond donors (Lipinski definition) is 3. The summed E-state index contributed by atoms with van der Waals surface area (Å²) in [6, 6.07) is 1.93. The molecule has 0 spiro atoms. The van der Waals surface area contributed by atoms with Crippen molar-refractivity contribution in [1.29, 1.82) is 0 Å². The van der Waals surface area contributed by atoms with Crippen LogP contribution in [0.5, 0.6) is 0 Å². The molecule has 18 heavy (non-hydrogen) atoms. The molecule has 1 heterocycles. The van der Waals surface area contributed by atoms with Gasteiger partial charge in [0.2, 0.25) is 5.91 Å². The Labute approximate surface area is 111 Å². The molecule has 0 aliphatic carbocycles. The number of aliphatic hydroxyl groups is 2. The van der Waals surface area contributed by atoms with Gasteiger partial charge in [0.15, 0.2) is 6.10 Å². The molecule has 5 heteroatoms. The highest BCUT2D eigenvalue weighted by atomic mass is 32.1. The molecule has 4 nitrogen and oxygen atoms in total. The predicted octanol–water partition coefficient (Wildman–Crippen LogP) is 1.75. The molecule has 2 atom stereocenters. The molecule has 0 fully saturated rings. The third kappa shape index (κ3) is 4.08.